The van der Waals surface area contributed by atoms with Crippen molar-refractivity contribution in [1.82, 2.24) is 0 Å². The van der Waals surface area contributed by atoms with Crippen molar-refractivity contribution in [2.75, 3.05) is 18.5 Å². The Labute approximate surface area is 91.6 Å². The van der Waals surface area contributed by atoms with Crippen molar-refractivity contribution in [3.05, 3.63) is 29.8 Å². The summed E-state index contributed by atoms with van der Waals surface area (Å²) in [6.07, 6.45) is 3.36. The van der Waals surface area contributed by atoms with E-state index < -0.39 is 0 Å². The average Bonchev–Trinajstić information content (AvgIpc) is 2.67. The summed E-state index contributed by atoms with van der Waals surface area (Å²) in [7, 11) is 0. The Morgan fingerprint density at radius 1 is 1.33 bits per heavy atom. The fraction of sp³-hybridized carbons (Fsp3) is 0.538. The Bertz CT molecular complexity index is 286. The van der Waals surface area contributed by atoms with Gasteiger partial charge in [-0.05, 0) is 30.9 Å². The first kappa shape index (κ1) is 10.5. The zero-order valence-electron chi connectivity index (χ0n) is 9.33. The Hall–Kier alpha value is -1.02. The fourth-order valence-corrected chi connectivity index (χ4v) is 2.02. The Kier molecular flexibility index (Phi) is 3.62. The number of fused-ring (bicyclic) bond motifs is 1. The van der Waals surface area contributed by atoms with Gasteiger partial charge >= 0.3 is 0 Å². The fourth-order valence-electron chi connectivity index (χ4n) is 2.02. The molecule has 0 bridgehead atoms. The van der Waals surface area contributed by atoms with E-state index in [-0.39, 0.29) is 0 Å². The van der Waals surface area contributed by atoms with E-state index in [0.717, 1.165) is 32.5 Å². The lowest BCUT2D eigenvalue weighted by Gasteiger charge is -2.10. The zero-order valence-corrected chi connectivity index (χ0v) is 9.33. The van der Waals surface area contributed by atoms with Crippen LogP contribution in [0.4, 0.5) is 5.69 Å². The van der Waals surface area contributed by atoms with E-state index in [9.17, 15) is 0 Å². The summed E-state index contributed by atoms with van der Waals surface area (Å²) in [5, 5.41) is 3.53. The van der Waals surface area contributed by atoms with Crippen LogP contribution in [0.2, 0.25) is 0 Å². The summed E-state index contributed by atoms with van der Waals surface area (Å²) in [5.74, 6) is 0. The molecule has 1 aromatic carbocycles. The number of benzene rings is 1. The van der Waals surface area contributed by atoms with Crippen LogP contribution in [-0.2, 0) is 11.2 Å². The number of rotatable bonds is 5. The van der Waals surface area contributed by atoms with E-state index in [1.807, 2.05) is 0 Å². The lowest BCUT2D eigenvalue weighted by Crippen LogP contribution is -2.17. The maximum atomic E-state index is 5.50. The van der Waals surface area contributed by atoms with Gasteiger partial charge < -0.3 is 10.1 Å². The maximum Gasteiger partial charge on any atom is 0.0485 e. The molecule has 1 atom stereocenters. The monoisotopic (exact) mass is 205 g/mol. The molecule has 2 rings (SSSR count). The van der Waals surface area contributed by atoms with Crippen molar-refractivity contribution in [3.8, 4) is 0 Å². The lowest BCUT2D eigenvalue weighted by atomic mass is 10.1. The second kappa shape index (κ2) is 5.17. The van der Waals surface area contributed by atoms with Crippen LogP contribution >= 0.6 is 0 Å². The van der Waals surface area contributed by atoms with Gasteiger partial charge in [0.1, 0.15) is 0 Å². The van der Waals surface area contributed by atoms with Crippen LogP contribution in [0.5, 0.6) is 0 Å². The van der Waals surface area contributed by atoms with E-state index in [4.69, 9.17) is 4.74 Å². The molecule has 1 aliphatic rings. The van der Waals surface area contributed by atoms with Gasteiger partial charge in [0.25, 0.3) is 0 Å². The smallest absolute Gasteiger partial charge is 0.0485 e. The van der Waals surface area contributed by atoms with Gasteiger partial charge in [-0.2, -0.15) is 0 Å². The van der Waals surface area contributed by atoms with Crippen LogP contribution in [-0.4, -0.2) is 19.3 Å². The van der Waals surface area contributed by atoms with Crippen molar-refractivity contribution >= 4 is 5.69 Å². The van der Waals surface area contributed by atoms with Gasteiger partial charge in [0.2, 0.25) is 0 Å². The Morgan fingerprint density at radius 3 is 3.00 bits per heavy atom. The van der Waals surface area contributed by atoms with Crippen LogP contribution < -0.4 is 5.32 Å². The molecule has 0 saturated carbocycles. The normalized spacial score (nSPS) is 18.6. The molecule has 1 N–H and O–H groups in total. The molecule has 0 spiro atoms. The summed E-state index contributed by atoms with van der Waals surface area (Å²) >= 11 is 0. The predicted octanol–water partition coefficient (Wildman–Crippen LogP) is 2.84. The SMILES string of the molecule is CCCOCCC1Cc2ccccc2N1. The zero-order chi connectivity index (χ0) is 10.5. The van der Waals surface area contributed by atoms with Gasteiger partial charge in [-0.25, -0.2) is 0 Å². The van der Waals surface area contributed by atoms with Gasteiger partial charge in [0, 0.05) is 24.9 Å². The standard InChI is InChI=1S/C13H19NO/c1-2-8-15-9-7-12-10-11-5-3-4-6-13(11)14-12/h3-6,12,14H,2,7-10H2,1H3. The quantitative estimate of drug-likeness (QED) is 0.746. The minimum Gasteiger partial charge on any atom is -0.382 e. The minimum atomic E-state index is 0.569. The second-order valence-corrected chi connectivity index (χ2v) is 4.10. The molecule has 1 heterocycles. The molecule has 0 aliphatic carbocycles. The lowest BCUT2D eigenvalue weighted by molar-refractivity contribution is 0.129. The molecule has 2 heteroatoms. The van der Waals surface area contributed by atoms with E-state index in [1.165, 1.54) is 11.3 Å². The van der Waals surface area contributed by atoms with Crippen molar-refractivity contribution in [1.29, 1.82) is 0 Å². The highest BCUT2D eigenvalue weighted by Gasteiger charge is 2.18. The first-order valence-corrected chi connectivity index (χ1v) is 5.82. The number of anilines is 1. The topological polar surface area (TPSA) is 21.3 Å². The molecular weight excluding hydrogens is 186 g/mol. The molecule has 0 aromatic heterocycles. The van der Waals surface area contributed by atoms with Crippen molar-refractivity contribution in [2.45, 2.75) is 32.2 Å². The molecule has 0 saturated heterocycles. The van der Waals surface area contributed by atoms with Crippen LogP contribution in [0.3, 0.4) is 0 Å². The number of hydrogen-bond donors (Lipinski definition) is 1. The molecular formula is C13H19NO. The highest BCUT2D eigenvalue weighted by molar-refractivity contribution is 5.56. The number of hydrogen-bond acceptors (Lipinski definition) is 2. The van der Waals surface area contributed by atoms with Gasteiger partial charge in [-0.1, -0.05) is 25.1 Å². The molecule has 1 aliphatic heterocycles. The third kappa shape index (κ3) is 2.72. The summed E-state index contributed by atoms with van der Waals surface area (Å²) in [6, 6.07) is 9.12. The van der Waals surface area contributed by atoms with Gasteiger partial charge in [-0.3, -0.25) is 0 Å². The Balaban J connectivity index is 1.76. The van der Waals surface area contributed by atoms with Crippen LogP contribution in [0.25, 0.3) is 0 Å². The van der Waals surface area contributed by atoms with E-state index in [2.05, 4.69) is 36.5 Å². The number of para-hydroxylation sites is 1. The highest BCUT2D eigenvalue weighted by atomic mass is 16.5. The molecule has 1 unspecified atom stereocenters. The third-order valence-electron chi connectivity index (χ3n) is 2.80. The van der Waals surface area contributed by atoms with Crippen LogP contribution in [0.15, 0.2) is 24.3 Å². The Morgan fingerprint density at radius 2 is 2.20 bits per heavy atom. The van der Waals surface area contributed by atoms with Crippen molar-refractivity contribution in [2.24, 2.45) is 0 Å². The summed E-state index contributed by atoms with van der Waals surface area (Å²) in [4.78, 5) is 0. The summed E-state index contributed by atoms with van der Waals surface area (Å²) in [5.41, 5.74) is 2.75. The summed E-state index contributed by atoms with van der Waals surface area (Å²) in [6.45, 7) is 3.91. The molecule has 0 radical (unpaired) electrons. The molecule has 15 heavy (non-hydrogen) atoms. The molecule has 82 valence electrons. The van der Waals surface area contributed by atoms with Crippen LogP contribution in [0, 0.1) is 0 Å². The molecule has 1 aromatic rings. The van der Waals surface area contributed by atoms with Crippen LogP contribution in [0.1, 0.15) is 25.3 Å². The van der Waals surface area contributed by atoms with Crippen molar-refractivity contribution < 1.29 is 4.74 Å². The van der Waals surface area contributed by atoms with Gasteiger partial charge in [-0.15, -0.1) is 0 Å². The van der Waals surface area contributed by atoms with E-state index in [0.29, 0.717) is 6.04 Å². The molecule has 0 amide bonds. The first-order valence-electron chi connectivity index (χ1n) is 5.82. The summed E-state index contributed by atoms with van der Waals surface area (Å²) < 4.78 is 5.50. The molecule has 2 nitrogen and oxygen atoms in total. The second-order valence-electron chi connectivity index (χ2n) is 4.10. The predicted molar refractivity (Wildman–Crippen MR) is 63.3 cm³/mol. The van der Waals surface area contributed by atoms with E-state index in [1.54, 1.807) is 0 Å². The maximum absolute atomic E-state index is 5.50. The third-order valence-corrected chi connectivity index (χ3v) is 2.80. The number of ether oxygens (including phenoxy) is 1. The largest absolute Gasteiger partial charge is 0.382 e. The minimum absolute atomic E-state index is 0.569. The molecule has 0 fully saturated rings. The number of nitrogens with one attached hydrogen (secondary N) is 1. The van der Waals surface area contributed by atoms with Gasteiger partial charge in [0.05, 0.1) is 0 Å². The van der Waals surface area contributed by atoms with Gasteiger partial charge in [0.15, 0.2) is 0 Å². The first-order chi connectivity index (χ1) is 7.40. The highest BCUT2D eigenvalue weighted by Crippen LogP contribution is 2.26. The van der Waals surface area contributed by atoms with E-state index >= 15 is 0 Å². The average molecular weight is 205 g/mol. The van der Waals surface area contributed by atoms with Crippen molar-refractivity contribution in [3.63, 3.8) is 0 Å².